The van der Waals surface area contributed by atoms with Crippen LogP contribution in [0, 0.1) is 6.92 Å². The Bertz CT molecular complexity index is 344. The van der Waals surface area contributed by atoms with Crippen LogP contribution in [0.5, 0.6) is 0 Å². The predicted molar refractivity (Wildman–Crippen MR) is 64.0 cm³/mol. The Morgan fingerprint density at radius 2 is 2.13 bits per heavy atom. The van der Waals surface area contributed by atoms with Gasteiger partial charge in [0, 0.05) is 9.75 Å². The van der Waals surface area contributed by atoms with Gasteiger partial charge in [0.05, 0.1) is 12.1 Å². The summed E-state index contributed by atoms with van der Waals surface area (Å²) in [6.07, 6.45) is 0. The Morgan fingerprint density at radius 3 is 2.60 bits per heavy atom. The molecule has 0 bridgehead atoms. The zero-order valence-electron chi connectivity index (χ0n) is 9.68. The summed E-state index contributed by atoms with van der Waals surface area (Å²) in [5.74, 6) is 0.0241. The summed E-state index contributed by atoms with van der Waals surface area (Å²) >= 11 is 1.71. The number of amides is 1. The lowest BCUT2D eigenvalue weighted by molar-refractivity contribution is -0.126. The highest BCUT2D eigenvalue weighted by Gasteiger charge is 2.24. The molecule has 2 N–H and O–H groups in total. The number of thiophene rings is 1. The molecule has 0 atom stereocenters. The molecule has 0 aromatic carbocycles. The SMILES string of the molecule is CNC(C)(C)C(=O)NCc1ccc(C)s1. The van der Waals surface area contributed by atoms with Crippen molar-refractivity contribution < 1.29 is 4.79 Å². The van der Waals surface area contributed by atoms with Gasteiger partial charge in [0.2, 0.25) is 5.91 Å². The molecule has 15 heavy (non-hydrogen) atoms. The van der Waals surface area contributed by atoms with Crippen molar-refractivity contribution in [3.8, 4) is 0 Å². The Balaban J connectivity index is 2.47. The van der Waals surface area contributed by atoms with Gasteiger partial charge in [-0.2, -0.15) is 0 Å². The topological polar surface area (TPSA) is 41.1 Å². The van der Waals surface area contributed by atoms with E-state index in [1.165, 1.54) is 9.75 Å². The number of carbonyl (C=O) groups is 1. The molecule has 0 radical (unpaired) electrons. The van der Waals surface area contributed by atoms with Gasteiger partial charge >= 0.3 is 0 Å². The van der Waals surface area contributed by atoms with Gasteiger partial charge in [-0.15, -0.1) is 11.3 Å². The lowest BCUT2D eigenvalue weighted by Gasteiger charge is -2.22. The van der Waals surface area contributed by atoms with Crippen molar-refractivity contribution in [3.63, 3.8) is 0 Å². The second-order valence-electron chi connectivity index (χ2n) is 4.07. The van der Waals surface area contributed by atoms with Crippen molar-refractivity contribution >= 4 is 17.2 Å². The van der Waals surface area contributed by atoms with Gasteiger partial charge in [0.1, 0.15) is 0 Å². The molecule has 1 amide bonds. The van der Waals surface area contributed by atoms with Gasteiger partial charge in [-0.1, -0.05) is 0 Å². The Hall–Kier alpha value is -0.870. The van der Waals surface area contributed by atoms with Gasteiger partial charge in [-0.25, -0.2) is 0 Å². The van der Waals surface area contributed by atoms with Crippen molar-refractivity contribution in [3.05, 3.63) is 21.9 Å². The van der Waals surface area contributed by atoms with Crippen molar-refractivity contribution in [2.24, 2.45) is 0 Å². The van der Waals surface area contributed by atoms with Crippen molar-refractivity contribution in [1.82, 2.24) is 10.6 Å². The molecule has 0 aliphatic carbocycles. The summed E-state index contributed by atoms with van der Waals surface area (Å²) in [4.78, 5) is 14.2. The first-order valence-electron chi connectivity index (χ1n) is 4.98. The molecule has 3 nitrogen and oxygen atoms in total. The van der Waals surface area contributed by atoms with Crippen molar-refractivity contribution in [1.29, 1.82) is 0 Å². The summed E-state index contributed by atoms with van der Waals surface area (Å²) in [7, 11) is 1.79. The minimum absolute atomic E-state index is 0.0241. The monoisotopic (exact) mass is 226 g/mol. The van der Waals surface area contributed by atoms with E-state index < -0.39 is 5.54 Å². The van der Waals surface area contributed by atoms with Crippen LogP contribution in [0.4, 0.5) is 0 Å². The minimum Gasteiger partial charge on any atom is -0.350 e. The van der Waals surface area contributed by atoms with Gasteiger partial charge in [0.25, 0.3) is 0 Å². The first-order valence-corrected chi connectivity index (χ1v) is 5.80. The first-order chi connectivity index (χ1) is 6.95. The molecular formula is C11H18N2OS. The van der Waals surface area contributed by atoms with E-state index in [1.54, 1.807) is 18.4 Å². The number of aryl methyl sites for hydroxylation is 1. The summed E-state index contributed by atoms with van der Waals surface area (Å²) in [6, 6.07) is 4.11. The van der Waals surface area contributed by atoms with E-state index in [-0.39, 0.29) is 5.91 Å². The molecule has 1 heterocycles. The molecular weight excluding hydrogens is 208 g/mol. The number of nitrogens with one attached hydrogen (secondary N) is 2. The zero-order chi connectivity index (χ0) is 11.5. The largest absolute Gasteiger partial charge is 0.350 e. The standard InChI is InChI=1S/C11H18N2OS/c1-8-5-6-9(15-8)7-13-10(14)11(2,3)12-4/h5-6,12H,7H2,1-4H3,(H,13,14). The quantitative estimate of drug-likeness (QED) is 0.820. The predicted octanol–water partition coefficient (Wildman–Crippen LogP) is 1.67. The molecule has 0 spiro atoms. The molecule has 84 valence electrons. The number of carbonyl (C=O) groups excluding carboxylic acids is 1. The average Bonchev–Trinajstić information content (AvgIpc) is 2.60. The van der Waals surface area contributed by atoms with Crippen LogP contribution in [0.25, 0.3) is 0 Å². The van der Waals surface area contributed by atoms with Crippen molar-refractivity contribution in [2.45, 2.75) is 32.9 Å². The van der Waals surface area contributed by atoms with E-state index in [1.807, 2.05) is 19.9 Å². The van der Waals surface area contributed by atoms with Crippen LogP contribution in [-0.2, 0) is 11.3 Å². The fraction of sp³-hybridized carbons (Fsp3) is 0.545. The summed E-state index contributed by atoms with van der Waals surface area (Å²) in [6.45, 7) is 6.40. The van der Waals surface area contributed by atoms with Crippen LogP contribution in [-0.4, -0.2) is 18.5 Å². The van der Waals surface area contributed by atoms with E-state index in [4.69, 9.17) is 0 Å². The molecule has 4 heteroatoms. The van der Waals surface area contributed by atoms with E-state index in [9.17, 15) is 4.79 Å². The van der Waals surface area contributed by atoms with Crippen LogP contribution < -0.4 is 10.6 Å². The maximum Gasteiger partial charge on any atom is 0.240 e. The molecule has 0 aliphatic rings. The van der Waals surface area contributed by atoms with Crippen LogP contribution in [0.1, 0.15) is 23.6 Å². The second-order valence-corrected chi connectivity index (χ2v) is 5.44. The highest BCUT2D eigenvalue weighted by Crippen LogP contribution is 2.14. The number of likely N-dealkylation sites (N-methyl/N-ethyl adjacent to an activating group) is 1. The molecule has 0 unspecified atom stereocenters. The Labute approximate surface area is 94.9 Å². The molecule has 1 aromatic heterocycles. The number of hydrogen-bond donors (Lipinski definition) is 2. The lowest BCUT2D eigenvalue weighted by Crippen LogP contribution is -2.50. The summed E-state index contributed by atoms with van der Waals surface area (Å²) in [5, 5.41) is 5.89. The third kappa shape index (κ3) is 3.32. The Kier molecular flexibility index (Phi) is 3.88. The fourth-order valence-electron chi connectivity index (χ4n) is 1.08. The summed E-state index contributed by atoms with van der Waals surface area (Å²) < 4.78 is 0. The minimum atomic E-state index is -0.508. The van der Waals surface area contributed by atoms with Crippen LogP contribution in [0.15, 0.2) is 12.1 Å². The number of rotatable bonds is 4. The maximum atomic E-state index is 11.7. The normalized spacial score (nSPS) is 11.5. The summed E-state index contributed by atoms with van der Waals surface area (Å²) in [5.41, 5.74) is -0.508. The van der Waals surface area contributed by atoms with E-state index >= 15 is 0 Å². The third-order valence-corrected chi connectivity index (χ3v) is 3.41. The second kappa shape index (κ2) is 4.77. The van der Waals surface area contributed by atoms with Gasteiger partial charge in [-0.3, -0.25) is 4.79 Å². The molecule has 0 saturated heterocycles. The highest BCUT2D eigenvalue weighted by atomic mass is 32.1. The first kappa shape index (κ1) is 12.2. The molecule has 1 aromatic rings. The highest BCUT2D eigenvalue weighted by molar-refractivity contribution is 7.11. The van der Waals surface area contributed by atoms with E-state index in [0.717, 1.165) is 0 Å². The molecule has 0 fully saturated rings. The molecule has 0 saturated carbocycles. The maximum absolute atomic E-state index is 11.7. The zero-order valence-corrected chi connectivity index (χ0v) is 10.5. The third-order valence-electron chi connectivity index (χ3n) is 2.41. The van der Waals surface area contributed by atoms with Crippen LogP contribution in [0.2, 0.25) is 0 Å². The van der Waals surface area contributed by atoms with Gasteiger partial charge < -0.3 is 10.6 Å². The van der Waals surface area contributed by atoms with E-state index in [0.29, 0.717) is 6.54 Å². The Morgan fingerprint density at radius 1 is 1.47 bits per heavy atom. The molecule has 1 rings (SSSR count). The van der Waals surface area contributed by atoms with Gasteiger partial charge in [-0.05, 0) is 40.0 Å². The van der Waals surface area contributed by atoms with Gasteiger partial charge in [0.15, 0.2) is 0 Å². The van der Waals surface area contributed by atoms with Crippen molar-refractivity contribution in [2.75, 3.05) is 7.05 Å². The number of hydrogen-bond acceptors (Lipinski definition) is 3. The fourth-order valence-corrected chi connectivity index (χ4v) is 1.91. The van der Waals surface area contributed by atoms with E-state index in [2.05, 4.69) is 23.6 Å². The average molecular weight is 226 g/mol. The molecule has 0 aliphatic heterocycles. The van der Waals surface area contributed by atoms with Crippen LogP contribution >= 0.6 is 11.3 Å². The van der Waals surface area contributed by atoms with Crippen LogP contribution in [0.3, 0.4) is 0 Å². The lowest BCUT2D eigenvalue weighted by atomic mass is 10.1. The smallest absolute Gasteiger partial charge is 0.240 e.